The quantitative estimate of drug-likeness (QED) is 0.748. The van der Waals surface area contributed by atoms with Crippen LogP contribution in [0.5, 0.6) is 0 Å². The summed E-state index contributed by atoms with van der Waals surface area (Å²) in [6, 6.07) is 2.42. The van der Waals surface area contributed by atoms with Crippen molar-refractivity contribution in [1.82, 2.24) is 10.2 Å². The van der Waals surface area contributed by atoms with Crippen molar-refractivity contribution < 1.29 is 27.9 Å². The molecule has 0 aromatic heterocycles. The molecule has 0 radical (unpaired) electrons. The average molecular weight is 447 g/mol. The molecular formula is C18H18BrF3N2O3. The van der Waals surface area contributed by atoms with Crippen molar-refractivity contribution in [3.8, 4) is 0 Å². The van der Waals surface area contributed by atoms with E-state index in [4.69, 9.17) is 0 Å². The van der Waals surface area contributed by atoms with Gasteiger partial charge >= 0.3 is 0 Å². The number of carbonyl (C=O) groups is 2. The van der Waals surface area contributed by atoms with Crippen LogP contribution in [-0.4, -0.2) is 52.5 Å². The summed E-state index contributed by atoms with van der Waals surface area (Å²) in [7, 11) is 0. The van der Waals surface area contributed by atoms with Crippen LogP contribution < -0.4 is 5.32 Å². The Bertz CT molecular complexity index is 852. The van der Waals surface area contributed by atoms with Gasteiger partial charge in [0, 0.05) is 30.1 Å². The Balaban J connectivity index is 1.57. The Morgan fingerprint density at radius 2 is 2.04 bits per heavy atom. The van der Waals surface area contributed by atoms with Gasteiger partial charge in [-0.1, -0.05) is 0 Å². The fraction of sp³-hybridized carbons (Fsp3) is 0.556. The van der Waals surface area contributed by atoms with Gasteiger partial charge in [-0.05, 0) is 47.8 Å². The van der Waals surface area contributed by atoms with E-state index < -0.39 is 47.5 Å². The zero-order valence-electron chi connectivity index (χ0n) is 14.5. The third kappa shape index (κ3) is 2.86. The van der Waals surface area contributed by atoms with E-state index in [1.165, 1.54) is 12.1 Å². The van der Waals surface area contributed by atoms with Gasteiger partial charge in [0.1, 0.15) is 5.82 Å². The summed E-state index contributed by atoms with van der Waals surface area (Å²) in [6.45, 7) is 0.869. The first-order valence-corrected chi connectivity index (χ1v) is 9.42. The van der Waals surface area contributed by atoms with Crippen LogP contribution in [0, 0.1) is 5.82 Å². The topological polar surface area (TPSA) is 69.6 Å². The predicted molar refractivity (Wildman–Crippen MR) is 93.0 cm³/mol. The van der Waals surface area contributed by atoms with Gasteiger partial charge in [0.15, 0.2) is 0 Å². The molecule has 1 aliphatic heterocycles. The second-order valence-electron chi connectivity index (χ2n) is 8.08. The Hall–Kier alpha value is -1.61. The van der Waals surface area contributed by atoms with Gasteiger partial charge < -0.3 is 15.3 Å². The predicted octanol–water partition coefficient (Wildman–Crippen LogP) is 2.35. The molecule has 2 fully saturated rings. The van der Waals surface area contributed by atoms with Gasteiger partial charge in [-0.3, -0.25) is 9.59 Å². The molecule has 27 heavy (non-hydrogen) atoms. The summed E-state index contributed by atoms with van der Waals surface area (Å²) in [4.78, 5) is 26.0. The molecule has 2 amide bonds. The minimum absolute atomic E-state index is 0.0272. The first-order chi connectivity index (χ1) is 12.5. The monoisotopic (exact) mass is 446 g/mol. The Labute approximate surface area is 162 Å². The number of nitrogens with zero attached hydrogens (tertiary/aromatic N) is 1. The molecule has 1 spiro atoms. The smallest absolute Gasteiger partial charge is 0.260 e. The molecule has 0 saturated heterocycles. The van der Waals surface area contributed by atoms with E-state index in [9.17, 15) is 27.9 Å². The first-order valence-electron chi connectivity index (χ1n) is 8.63. The lowest BCUT2D eigenvalue weighted by molar-refractivity contribution is -0.125. The van der Waals surface area contributed by atoms with E-state index >= 15 is 0 Å². The first kappa shape index (κ1) is 18.7. The lowest BCUT2D eigenvalue weighted by Crippen LogP contribution is -2.56. The summed E-state index contributed by atoms with van der Waals surface area (Å²) in [6.07, 6.45) is 0.241. The molecule has 2 saturated carbocycles. The molecule has 0 bridgehead atoms. The second-order valence-corrected chi connectivity index (χ2v) is 8.93. The summed E-state index contributed by atoms with van der Waals surface area (Å²) in [5.41, 5.74) is -3.00. The van der Waals surface area contributed by atoms with Crippen molar-refractivity contribution in [2.24, 2.45) is 0 Å². The zero-order chi connectivity index (χ0) is 19.8. The highest BCUT2D eigenvalue weighted by Crippen LogP contribution is 2.64. The summed E-state index contributed by atoms with van der Waals surface area (Å²) in [5, 5.41) is 12.4. The number of hydrogen-bond donors (Lipinski definition) is 2. The minimum atomic E-state index is -3.13. The number of nitrogens with one attached hydrogen (secondary N) is 1. The maximum absolute atomic E-state index is 14.6. The van der Waals surface area contributed by atoms with Crippen molar-refractivity contribution in [2.75, 3.05) is 13.1 Å². The van der Waals surface area contributed by atoms with Crippen LogP contribution in [0.3, 0.4) is 0 Å². The van der Waals surface area contributed by atoms with E-state index in [1.807, 2.05) is 0 Å². The summed E-state index contributed by atoms with van der Waals surface area (Å²) in [5.74, 6) is -5.10. The van der Waals surface area contributed by atoms with E-state index in [1.54, 1.807) is 6.92 Å². The molecule has 1 atom stereocenters. The number of halogens is 4. The Morgan fingerprint density at radius 1 is 1.41 bits per heavy atom. The molecule has 146 valence electrons. The number of fused-ring (bicyclic) bond motifs is 2. The van der Waals surface area contributed by atoms with E-state index in [0.29, 0.717) is 12.8 Å². The van der Waals surface area contributed by atoms with Crippen molar-refractivity contribution in [2.45, 2.75) is 49.2 Å². The van der Waals surface area contributed by atoms with E-state index in [2.05, 4.69) is 21.2 Å². The lowest BCUT2D eigenvalue weighted by Gasteiger charge is -2.41. The van der Waals surface area contributed by atoms with Gasteiger partial charge in [-0.15, -0.1) is 0 Å². The Morgan fingerprint density at radius 3 is 2.59 bits per heavy atom. The van der Waals surface area contributed by atoms with Crippen molar-refractivity contribution in [1.29, 1.82) is 0 Å². The standard InChI is InChI=1S/C18H18BrF3N2O3/c1-16(27)4-9(5-16)23-12(25)6-24-8-17(7-18(17,21)22)13-10(15(24)26)2-3-11(19)14(13)20/h2-3,9,27H,4-8H2,1H3,(H,23,25)/t9-,16-,17-/m0/s1. The number of aliphatic hydroxyl groups is 1. The summed E-state index contributed by atoms with van der Waals surface area (Å²) >= 11 is 2.99. The summed E-state index contributed by atoms with van der Waals surface area (Å²) < 4.78 is 43.0. The molecule has 3 aliphatic rings. The highest BCUT2D eigenvalue weighted by atomic mass is 79.9. The van der Waals surface area contributed by atoms with Crippen LogP contribution in [0.25, 0.3) is 0 Å². The SMILES string of the molecule is C[C@]1(O)C[C@H](NC(=O)CN2C[C@@]3(CC3(F)F)c3c(ccc(Br)c3F)C2=O)C1. The second kappa shape index (κ2) is 5.70. The molecule has 2 N–H and O–H groups in total. The molecule has 5 nitrogen and oxygen atoms in total. The van der Waals surface area contributed by atoms with Gasteiger partial charge in [0.2, 0.25) is 5.91 Å². The molecule has 0 unspecified atom stereocenters. The van der Waals surface area contributed by atoms with Gasteiger partial charge in [0.05, 0.1) is 22.0 Å². The normalized spacial score (nSPS) is 33.5. The zero-order valence-corrected chi connectivity index (χ0v) is 16.1. The van der Waals surface area contributed by atoms with Crippen LogP contribution >= 0.6 is 15.9 Å². The van der Waals surface area contributed by atoms with Crippen LogP contribution in [-0.2, 0) is 10.2 Å². The van der Waals surface area contributed by atoms with Gasteiger partial charge in [-0.2, -0.15) is 0 Å². The van der Waals surface area contributed by atoms with Crippen LogP contribution in [0.1, 0.15) is 42.1 Å². The number of benzene rings is 1. The number of rotatable bonds is 3. The molecule has 4 rings (SSSR count). The molecular weight excluding hydrogens is 429 g/mol. The van der Waals surface area contributed by atoms with E-state index in [-0.39, 0.29) is 28.2 Å². The van der Waals surface area contributed by atoms with Crippen molar-refractivity contribution in [3.63, 3.8) is 0 Å². The number of hydrogen-bond acceptors (Lipinski definition) is 3. The van der Waals surface area contributed by atoms with Crippen molar-refractivity contribution in [3.05, 3.63) is 33.5 Å². The number of carbonyl (C=O) groups excluding carboxylic acids is 2. The maximum Gasteiger partial charge on any atom is 0.260 e. The third-order valence-electron chi connectivity index (χ3n) is 5.72. The fourth-order valence-electron chi connectivity index (χ4n) is 4.30. The van der Waals surface area contributed by atoms with Gasteiger partial charge in [0.25, 0.3) is 11.8 Å². The molecule has 1 heterocycles. The third-order valence-corrected chi connectivity index (χ3v) is 6.34. The minimum Gasteiger partial charge on any atom is -0.390 e. The van der Waals surface area contributed by atoms with Crippen LogP contribution in [0.2, 0.25) is 0 Å². The van der Waals surface area contributed by atoms with E-state index in [0.717, 1.165) is 4.90 Å². The maximum atomic E-state index is 14.6. The largest absolute Gasteiger partial charge is 0.390 e. The Kier molecular flexibility index (Phi) is 3.96. The molecule has 9 heteroatoms. The molecule has 1 aromatic rings. The lowest BCUT2D eigenvalue weighted by atomic mass is 9.77. The van der Waals surface area contributed by atoms with Crippen molar-refractivity contribution >= 4 is 27.7 Å². The average Bonchev–Trinajstić information content (AvgIpc) is 3.06. The van der Waals surface area contributed by atoms with Crippen LogP contribution in [0.4, 0.5) is 13.2 Å². The fourth-order valence-corrected chi connectivity index (χ4v) is 4.63. The van der Waals surface area contributed by atoms with Crippen LogP contribution in [0.15, 0.2) is 16.6 Å². The number of alkyl halides is 2. The van der Waals surface area contributed by atoms with Gasteiger partial charge in [-0.25, -0.2) is 13.2 Å². The number of amides is 2. The molecule has 2 aliphatic carbocycles. The molecule has 1 aromatic carbocycles. The highest BCUT2D eigenvalue weighted by molar-refractivity contribution is 9.10. The highest BCUT2D eigenvalue weighted by Gasteiger charge is 2.75.